The van der Waals surface area contributed by atoms with E-state index in [1.54, 1.807) is 12.2 Å². The molecule has 0 heterocycles. The fourth-order valence-electron chi connectivity index (χ4n) is 1.63. The van der Waals surface area contributed by atoms with Crippen molar-refractivity contribution in [1.29, 1.82) is 0 Å². The SMILES string of the molecule is C.C=C/C=C\C(NC(=C)COc1cc(F)c(C=O)cc1F)=C(C)C.CCC. The summed E-state index contributed by atoms with van der Waals surface area (Å²) in [7, 11) is 0. The van der Waals surface area contributed by atoms with Crippen LogP contribution < -0.4 is 10.1 Å². The Morgan fingerprint density at radius 1 is 1.22 bits per heavy atom. The molecule has 0 radical (unpaired) electrons. The number of carbonyl (C=O) groups excluding carboxylic acids is 1. The molecule has 0 spiro atoms. The fraction of sp³-hybridized carbons (Fsp3) is 0.318. The second-order valence-electron chi connectivity index (χ2n) is 5.65. The van der Waals surface area contributed by atoms with Gasteiger partial charge in [-0.15, -0.1) is 0 Å². The molecule has 27 heavy (non-hydrogen) atoms. The highest BCUT2D eigenvalue weighted by Crippen LogP contribution is 2.21. The second-order valence-corrected chi connectivity index (χ2v) is 5.65. The predicted octanol–water partition coefficient (Wildman–Crippen LogP) is 6.35. The Bertz CT molecular complexity index is 688. The molecule has 0 unspecified atom stereocenters. The Morgan fingerprint density at radius 3 is 2.30 bits per heavy atom. The van der Waals surface area contributed by atoms with Gasteiger partial charge in [-0.25, -0.2) is 8.78 Å². The molecule has 0 fully saturated rings. The number of benzene rings is 1. The fourth-order valence-corrected chi connectivity index (χ4v) is 1.63. The average Bonchev–Trinajstić information content (AvgIpc) is 2.59. The zero-order chi connectivity index (χ0) is 20.1. The highest BCUT2D eigenvalue weighted by atomic mass is 19.1. The summed E-state index contributed by atoms with van der Waals surface area (Å²) in [6.45, 7) is 15.4. The van der Waals surface area contributed by atoms with E-state index in [2.05, 4.69) is 32.3 Å². The molecule has 3 nitrogen and oxygen atoms in total. The summed E-state index contributed by atoms with van der Waals surface area (Å²) >= 11 is 0. The molecule has 0 amide bonds. The first-order valence-electron chi connectivity index (χ1n) is 8.28. The maximum absolute atomic E-state index is 13.7. The van der Waals surface area contributed by atoms with Crippen molar-refractivity contribution < 1.29 is 18.3 Å². The Kier molecular flexibility index (Phi) is 14.2. The van der Waals surface area contributed by atoms with Gasteiger partial charge in [0.15, 0.2) is 17.9 Å². The van der Waals surface area contributed by atoms with Crippen LogP contribution in [0.5, 0.6) is 5.75 Å². The molecule has 0 aliphatic carbocycles. The number of rotatable bonds is 8. The van der Waals surface area contributed by atoms with Crippen LogP contribution in [-0.4, -0.2) is 12.9 Å². The quantitative estimate of drug-likeness (QED) is 0.422. The number of carbonyl (C=O) groups is 1. The molecule has 0 aliphatic heterocycles. The second kappa shape index (κ2) is 14.5. The van der Waals surface area contributed by atoms with E-state index in [9.17, 15) is 13.6 Å². The average molecular weight is 379 g/mol. The summed E-state index contributed by atoms with van der Waals surface area (Å²) in [5, 5.41) is 3.03. The van der Waals surface area contributed by atoms with Crippen molar-refractivity contribution in [2.75, 3.05) is 6.61 Å². The van der Waals surface area contributed by atoms with E-state index in [1.807, 2.05) is 19.9 Å². The standard InChI is InChI=1S/C18H19F2NO2.C3H8.CH4/c1-5-6-7-17(12(2)3)21-13(4)11-23-18-9-15(19)14(10-22)8-16(18)20;1-3-2;/h5-10,21H,1,4,11H2,2-3H3;3H2,1-2H3;1H4/b7-6-;;. The monoisotopic (exact) mass is 379 g/mol. The van der Waals surface area contributed by atoms with E-state index >= 15 is 0 Å². The van der Waals surface area contributed by atoms with Crippen LogP contribution in [0.4, 0.5) is 8.78 Å². The normalized spacial score (nSPS) is 9.41. The van der Waals surface area contributed by atoms with Crippen molar-refractivity contribution in [2.24, 2.45) is 0 Å². The minimum Gasteiger partial charge on any atom is -0.484 e. The lowest BCUT2D eigenvalue weighted by molar-refractivity contribution is 0.111. The Labute approximate surface area is 162 Å². The first kappa shape index (κ1) is 26.5. The largest absolute Gasteiger partial charge is 0.484 e. The molecule has 0 saturated carbocycles. The Balaban J connectivity index is 0. The van der Waals surface area contributed by atoms with Crippen LogP contribution in [0.3, 0.4) is 0 Å². The minimum atomic E-state index is -0.839. The van der Waals surface area contributed by atoms with Gasteiger partial charge in [0.1, 0.15) is 12.4 Å². The molecule has 1 N–H and O–H groups in total. The van der Waals surface area contributed by atoms with E-state index in [1.165, 1.54) is 6.42 Å². The smallest absolute Gasteiger partial charge is 0.166 e. The molecule has 1 rings (SSSR count). The van der Waals surface area contributed by atoms with Crippen LogP contribution in [-0.2, 0) is 0 Å². The summed E-state index contributed by atoms with van der Waals surface area (Å²) in [6.07, 6.45) is 6.70. The van der Waals surface area contributed by atoms with Crippen molar-refractivity contribution >= 4 is 6.29 Å². The number of halogens is 2. The van der Waals surface area contributed by atoms with Gasteiger partial charge in [0, 0.05) is 17.5 Å². The van der Waals surface area contributed by atoms with Gasteiger partial charge in [-0.05, 0) is 26.0 Å². The third kappa shape index (κ3) is 10.1. The topological polar surface area (TPSA) is 38.3 Å². The number of nitrogens with one attached hydrogen (secondary N) is 1. The van der Waals surface area contributed by atoms with Gasteiger partial charge in [-0.2, -0.15) is 0 Å². The van der Waals surface area contributed by atoms with Crippen molar-refractivity contribution in [3.8, 4) is 5.75 Å². The van der Waals surface area contributed by atoms with Crippen LogP contribution in [0, 0.1) is 11.6 Å². The maximum Gasteiger partial charge on any atom is 0.166 e. The summed E-state index contributed by atoms with van der Waals surface area (Å²) in [5.41, 5.74) is 1.93. The minimum absolute atomic E-state index is 0. The highest BCUT2D eigenvalue weighted by Gasteiger charge is 2.11. The van der Waals surface area contributed by atoms with Gasteiger partial charge in [0.05, 0.1) is 5.56 Å². The van der Waals surface area contributed by atoms with Gasteiger partial charge in [-0.1, -0.05) is 58.6 Å². The van der Waals surface area contributed by atoms with E-state index in [4.69, 9.17) is 4.74 Å². The molecule has 0 aromatic heterocycles. The predicted molar refractivity (Wildman–Crippen MR) is 110 cm³/mol. The van der Waals surface area contributed by atoms with Gasteiger partial charge in [0.2, 0.25) is 0 Å². The zero-order valence-electron chi connectivity index (χ0n) is 15.9. The Hall–Kier alpha value is -2.69. The summed E-state index contributed by atoms with van der Waals surface area (Å²) in [6, 6.07) is 1.63. The van der Waals surface area contributed by atoms with Gasteiger partial charge in [-0.3, -0.25) is 4.79 Å². The lowest BCUT2D eigenvalue weighted by Crippen LogP contribution is -2.18. The summed E-state index contributed by atoms with van der Waals surface area (Å²) in [5.74, 6) is -1.93. The third-order valence-electron chi connectivity index (χ3n) is 2.83. The van der Waals surface area contributed by atoms with Crippen LogP contribution in [0.2, 0.25) is 0 Å². The number of aldehydes is 1. The summed E-state index contributed by atoms with van der Waals surface area (Å²) in [4.78, 5) is 10.5. The van der Waals surface area contributed by atoms with Crippen molar-refractivity contribution in [3.63, 3.8) is 0 Å². The van der Waals surface area contributed by atoms with Crippen molar-refractivity contribution in [1.82, 2.24) is 5.32 Å². The van der Waals surface area contributed by atoms with Crippen molar-refractivity contribution in [2.45, 2.75) is 41.5 Å². The van der Waals surface area contributed by atoms with E-state index in [-0.39, 0.29) is 31.6 Å². The van der Waals surface area contributed by atoms with Gasteiger partial charge in [0.25, 0.3) is 0 Å². The molecule has 150 valence electrons. The molecule has 1 aromatic rings. The van der Waals surface area contributed by atoms with Gasteiger partial charge < -0.3 is 10.1 Å². The molecular formula is C22H31F2NO2. The Morgan fingerprint density at radius 2 is 1.81 bits per heavy atom. The first-order chi connectivity index (χ1) is 12.3. The molecule has 0 bridgehead atoms. The van der Waals surface area contributed by atoms with Gasteiger partial charge >= 0.3 is 0 Å². The molecule has 0 aliphatic rings. The lowest BCUT2D eigenvalue weighted by atomic mass is 10.2. The highest BCUT2D eigenvalue weighted by molar-refractivity contribution is 5.75. The van der Waals surface area contributed by atoms with E-state index in [0.29, 0.717) is 5.70 Å². The first-order valence-corrected chi connectivity index (χ1v) is 8.28. The van der Waals surface area contributed by atoms with Crippen molar-refractivity contribution in [3.05, 3.63) is 77.7 Å². The maximum atomic E-state index is 13.7. The molecule has 0 atom stereocenters. The van der Waals surface area contributed by atoms with Crippen LogP contribution in [0.1, 0.15) is 51.9 Å². The molecule has 5 heteroatoms. The third-order valence-corrected chi connectivity index (χ3v) is 2.83. The summed E-state index contributed by atoms with van der Waals surface area (Å²) < 4.78 is 32.4. The number of ether oxygens (including phenoxy) is 1. The number of hydrogen-bond donors (Lipinski definition) is 1. The molecular weight excluding hydrogens is 348 g/mol. The molecule has 0 saturated heterocycles. The lowest BCUT2D eigenvalue weighted by Gasteiger charge is -2.14. The van der Waals surface area contributed by atoms with Crippen LogP contribution in [0.25, 0.3) is 0 Å². The van der Waals surface area contributed by atoms with E-state index in [0.717, 1.165) is 23.4 Å². The molecule has 1 aromatic carbocycles. The van der Waals surface area contributed by atoms with E-state index < -0.39 is 11.6 Å². The zero-order valence-corrected chi connectivity index (χ0v) is 15.9. The van der Waals surface area contributed by atoms with Crippen LogP contribution in [0.15, 0.2) is 60.5 Å². The van der Waals surface area contributed by atoms with Crippen LogP contribution >= 0.6 is 0 Å². The number of allylic oxidation sites excluding steroid dienone is 4. The number of hydrogen-bond acceptors (Lipinski definition) is 3.